The number of imidazole rings is 2. The largest absolute Gasteiger partial charge is 0.696 e. The average Bonchev–Trinajstić information content (AvgIpc) is 3.06. The number of aryl methyl sites for hydroxylation is 4. The lowest BCUT2D eigenvalue weighted by molar-refractivity contribution is -0.677. The lowest BCUT2D eigenvalue weighted by Gasteiger charge is -1.94. The van der Waals surface area contributed by atoms with Gasteiger partial charge in [-0.1, -0.05) is 12.3 Å². The highest BCUT2D eigenvalue weighted by Gasteiger charge is 2.20. The molecule has 5 nitrogen and oxygen atoms in total. The molecule has 0 aromatic carbocycles. The molecule has 0 atom stereocenters. The summed E-state index contributed by atoms with van der Waals surface area (Å²) in [6.45, 7) is 5.31. The number of thiocyanates is 1. The Bertz CT molecular complexity index is 586. The fourth-order valence-electron chi connectivity index (χ4n) is 1.48. The van der Waals surface area contributed by atoms with Gasteiger partial charge in [0, 0.05) is 6.42 Å². The fourth-order valence-corrected chi connectivity index (χ4v) is 1.48. The molecule has 2 heterocycles. The van der Waals surface area contributed by atoms with Crippen molar-refractivity contribution in [2.75, 3.05) is 0 Å². The van der Waals surface area contributed by atoms with Gasteiger partial charge < -0.3 is 29.9 Å². The highest BCUT2D eigenvalue weighted by molar-refractivity contribution is 7.64. The molecule has 0 amide bonds. The Labute approximate surface area is 145 Å². The lowest BCUT2D eigenvalue weighted by atomic mass is 10.3. The minimum Gasteiger partial charge on any atom is -0.696 e. The monoisotopic (exact) mass is 367 g/mol. The molecular weight excluding hydrogens is 345 g/mol. The Morgan fingerprint density at radius 2 is 1.75 bits per heavy atom. The van der Waals surface area contributed by atoms with Gasteiger partial charge >= 0.3 is 7.25 Å². The van der Waals surface area contributed by atoms with Gasteiger partial charge in [-0.2, -0.15) is 0 Å². The van der Waals surface area contributed by atoms with Crippen LogP contribution in [-0.4, -0.2) is 16.8 Å². The zero-order valence-electron chi connectivity index (χ0n) is 14.1. The molecule has 0 spiro atoms. The molecule has 0 unspecified atom stereocenters. The van der Waals surface area contributed by atoms with Crippen LogP contribution in [0.15, 0.2) is 31.1 Å². The van der Waals surface area contributed by atoms with E-state index in [1.807, 2.05) is 37.3 Å². The van der Waals surface area contributed by atoms with E-state index in [2.05, 4.69) is 53.1 Å². The van der Waals surface area contributed by atoms with Gasteiger partial charge in [-0.25, -0.2) is 23.9 Å². The van der Waals surface area contributed by atoms with Crippen LogP contribution in [-0.2, 0) is 39.7 Å². The molecule has 11 heteroatoms. The van der Waals surface area contributed by atoms with Gasteiger partial charge in [0.25, 0.3) is 5.82 Å². The molecule has 136 valence electrons. The number of H-pyrrole nitrogens is 1. The topological polar surface area (TPSA) is 52.3 Å². The first-order valence-corrected chi connectivity index (χ1v) is 7.41. The number of halogens is 4. The average molecular weight is 367 g/mol. The van der Waals surface area contributed by atoms with E-state index in [9.17, 15) is 17.3 Å². The number of nitriles is 1. The van der Waals surface area contributed by atoms with Crippen molar-refractivity contribution < 1.29 is 26.4 Å². The summed E-state index contributed by atoms with van der Waals surface area (Å²) in [5.74, 6) is 1.27. The Morgan fingerprint density at radius 1 is 1.25 bits per heavy atom. The van der Waals surface area contributed by atoms with Gasteiger partial charge in [-0.05, 0) is 6.92 Å². The smallest absolute Gasteiger partial charge is 0.673 e. The van der Waals surface area contributed by atoms with Gasteiger partial charge in [0.05, 0.1) is 20.6 Å². The molecule has 2 aromatic rings. The maximum Gasteiger partial charge on any atom is 0.673 e. The molecule has 0 aliphatic rings. The summed E-state index contributed by atoms with van der Waals surface area (Å²) in [5.41, 5.74) is 0. The van der Waals surface area contributed by atoms with E-state index < -0.39 is 7.25 Å². The Hall–Kier alpha value is -2.09. The summed E-state index contributed by atoms with van der Waals surface area (Å²) >= 11 is 3.70. The van der Waals surface area contributed by atoms with Crippen molar-refractivity contribution in [3.05, 3.63) is 36.9 Å². The number of aromatic nitrogens is 4. The molecule has 0 radical (unpaired) electrons. The summed E-state index contributed by atoms with van der Waals surface area (Å²) in [7, 11) is -1.94. The van der Waals surface area contributed by atoms with Crippen LogP contribution in [0.25, 0.3) is 0 Å². The first kappa shape index (κ1) is 24.2. The van der Waals surface area contributed by atoms with E-state index in [4.69, 9.17) is 5.26 Å². The number of hydrogen-bond donors (Lipinski definition) is 1. The third kappa shape index (κ3) is 16.3. The van der Waals surface area contributed by atoms with Crippen LogP contribution >= 0.6 is 0 Å². The molecule has 0 aliphatic heterocycles. The van der Waals surface area contributed by atoms with Crippen LogP contribution in [0.3, 0.4) is 0 Å². The Morgan fingerprint density at radius 3 is 1.92 bits per heavy atom. The van der Waals surface area contributed by atoms with Crippen LogP contribution in [0.2, 0.25) is 0 Å². The molecule has 1 N–H and O–H groups in total. The molecule has 0 bridgehead atoms. The minimum atomic E-state index is -6.00. The van der Waals surface area contributed by atoms with Crippen LogP contribution in [0.1, 0.15) is 19.7 Å². The fraction of sp³-hybridized carbons (Fsp3) is 0.462. The van der Waals surface area contributed by atoms with Crippen molar-refractivity contribution in [2.24, 2.45) is 14.1 Å². The van der Waals surface area contributed by atoms with Crippen molar-refractivity contribution in [3.8, 4) is 5.40 Å². The van der Waals surface area contributed by atoms with Crippen LogP contribution in [0.5, 0.6) is 0 Å². The SMILES string of the molecule is CCc1[nH]cc[n+]1C.CCn1cc[n+](C)c1.F[B-](F)(F)F.N#C[S-]. The van der Waals surface area contributed by atoms with Crippen LogP contribution < -0.4 is 9.13 Å². The Kier molecular flexibility index (Phi) is 13.5. The summed E-state index contributed by atoms with van der Waals surface area (Å²) in [4.78, 5) is 3.12. The number of hydrogen-bond acceptors (Lipinski definition) is 2. The van der Waals surface area contributed by atoms with Crippen molar-refractivity contribution in [3.63, 3.8) is 0 Å². The second-order valence-electron chi connectivity index (χ2n) is 4.37. The van der Waals surface area contributed by atoms with Gasteiger partial charge in [-0.15, -0.1) is 0 Å². The predicted molar refractivity (Wildman–Crippen MR) is 85.8 cm³/mol. The van der Waals surface area contributed by atoms with Crippen molar-refractivity contribution in [2.45, 2.75) is 26.8 Å². The first-order chi connectivity index (χ1) is 11.1. The van der Waals surface area contributed by atoms with E-state index in [-0.39, 0.29) is 0 Å². The van der Waals surface area contributed by atoms with Gasteiger partial charge in [0.15, 0.2) is 0 Å². The maximum absolute atomic E-state index is 9.75. The van der Waals surface area contributed by atoms with Gasteiger partial charge in [-0.3, -0.25) is 0 Å². The molecule has 24 heavy (non-hydrogen) atoms. The zero-order valence-corrected chi connectivity index (χ0v) is 14.9. The Balaban J connectivity index is 0. The third-order valence-corrected chi connectivity index (χ3v) is 2.50. The molecule has 2 aromatic heterocycles. The normalized spacial score (nSPS) is 9.29. The predicted octanol–water partition coefficient (Wildman–Crippen LogP) is 2.05. The molecule has 0 aliphatic carbocycles. The molecule has 0 saturated carbocycles. The summed E-state index contributed by atoms with van der Waals surface area (Å²) in [6, 6.07) is 0. The van der Waals surface area contributed by atoms with E-state index in [1.165, 1.54) is 11.2 Å². The molecule has 0 fully saturated rings. The first-order valence-electron chi connectivity index (χ1n) is 7.00. The van der Waals surface area contributed by atoms with Gasteiger partial charge in [0.2, 0.25) is 6.33 Å². The highest BCUT2D eigenvalue weighted by atomic mass is 32.1. The van der Waals surface area contributed by atoms with E-state index in [0.717, 1.165) is 13.0 Å². The van der Waals surface area contributed by atoms with E-state index >= 15 is 0 Å². The summed E-state index contributed by atoms with van der Waals surface area (Å²) in [6.07, 6.45) is 11.2. The summed E-state index contributed by atoms with van der Waals surface area (Å²) in [5, 5.41) is 8.47. The summed E-state index contributed by atoms with van der Waals surface area (Å²) < 4.78 is 45.2. The second-order valence-corrected chi connectivity index (χ2v) is 4.55. The lowest BCUT2D eigenvalue weighted by Crippen LogP contribution is -2.29. The molecule has 0 saturated heterocycles. The van der Waals surface area contributed by atoms with Crippen molar-refractivity contribution in [1.29, 1.82) is 5.26 Å². The number of aromatic amines is 1. The van der Waals surface area contributed by atoms with Crippen LogP contribution in [0.4, 0.5) is 17.3 Å². The zero-order chi connectivity index (χ0) is 19.2. The number of nitrogens with zero attached hydrogens (tertiary/aromatic N) is 4. The number of nitrogens with one attached hydrogen (secondary N) is 1. The van der Waals surface area contributed by atoms with Crippen molar-refractivity contribution >= 4 is 19.9 Å². The third-order valence-electron chi connectivity index (χ3n) is 2.50. The number of rotatable bonds is 2. The quantitative estimate of drug-likeness (QED) is 0.290. The standard InChI is InChI=1S/C6H11N2.C6H10N2.CHNS.BF4/c1-3-8-5-4-7(2)6-8;1-3-6-7-4-5-8(6)2;2-1-3;2-1(3,4)5/h4-6H,3H2,1-2H3;4-5H,3H2,1-2H3;3H;/q+1;;;-1. The van der Waals surface area contributed by atoms with E-state index in [0.29, 0.717) is 0 Å². The van der Waals surface area contributed by atoms with Gasteiger partial charge in [0.1, 0.15) is 24.8 Å². The molecule has 2 rings (SSSR count). The van der Waals surface area contributed by atoms with E-state index in [1.54, 1.807) is 0 Å². The van der Waals surface area contributed by atoms with Crippen molar-refractivity contribution in [1.82, 2.24) is 9.55 Å². The highest BCUT2D eigenvalue weighted by Crippen LogP contribution is 2.06. The van der Waals surface area contributed by atoms with Crippen LogP contribution in [0, 0.1) is 10.7 Å². The maximum atomic E-state index is 9.75. The molecular formula is C13H22BF4N5S. The second kappa shape index (κ2) is 13.4. The minimum absolute atomic E-state index is 1.06.